The van der Waals surface area contributed by atoms with E-state index in [9.17, 15) is 4.79 Å². The molecule has 1 aromatic heterocycles. The van der Waals surface area contributed by atoms with E-state index < -0.39 is 12.0 Å². The maximum Gasteiger partial charge on any atom is 0.326 e. The third-order valence-electron chi connectivity index (χ3n) is 2.63. The van der Waals surface area contributed by atoms with Crippen molar-refractivity contribution in [1.29, 1.82) is 0 Å². The van der Waals surface area contributed by atoms with Crippen LogP contribution in [0.4, 0.5) is 5.82 Å². The van der Waals surface area contributed by atoms with E-state index in [1.165, 1.54) is 13.4 Å². The second-order valence-electron chi connectivity index (χ2n) is 3.79. The van der Waals surface area contributed by atoms with Gasteiger partial charge in [-0.2, -0.15) is 0 Å². The number of nitrogens with one attached hydrogen (secondary N) is 1. The molecule has 2 atom stereocenters. The van der Waals surface area contributed by atoms with Gasteiger partial charge in [0.2, 0.25) is 5.88 Å². The zero-order chi connectivity index (χ0) is 12.8. The third kappa shape index (κ3) is 3.58. The molecule has 0 amide bonds. The van der Waals surface area contributed by atoms with Gasteiger partial charge in [-0.15, -0.1) is 0 Å². The predicted octanol–water partition coefficient (Wildman–Crippen LogP) is 1.40. The van der Waals surface area contributed by atoms with Crippen LogP contribution in [-0.4, -0.2) is 34.2 Å². The van der Waals surface area contributed by atoms with Gasteiger partial charge in [-0.3, -0.25) is 0 Å². The van der Waals surface area contributed by atoms with E-state index >= 15 is 0 Å². The van der Waals surface area contributed by atoms with Crippen molar-refractivity contribution in [3.05, 3.63) is 12.4 Å². The van der Waals surface area contributed by atoms with Crippen molar-refractivity contribution in [2.45, 2.75) is 26.3 Å². The molecule has 17 heavy (non-hydrogen) atoms. The minimum atomic E-state index is -0.892. The molecule has 0 spiro atoms. The second-order valence-corrected chi connectivity index (χ2v) is 3.79. The summed E-state index contributed by atoms with van der Waals surface area (Å²) in [6.45, 7) is 3.83. The van der Waals surface area contributed by atoms with Gasteiger partial charge < -0.3 is 15.2 Å². The van der Waals surface area contributed by atoms with Gasteiger partial charge in [0.15, 0.2) is 0 Å². The van der Waals surface area contributed by atoms with Crippen molar-refractivity contribution < 1.29 is 14.6 Å². The minimum absolute atomic E-state index is 0.00783. The molecule has 0 aromatic carbocycles. The standard InChI is InChI=1S/C11H17N3O3/c1-4-7(2)10(11(15)16)14-8-5-9(17-3)13-6-12-8/h5-7,10H,4H2,1-3H3,(H,15,16)(H,12,13,14)/t7-,10-/m0/s1. The van der Waals surface area contributed by atoms with Gasteiger partial charge in [0, 0.05) is 6.07 Å². The number of carboxylic acids is 1. The van der Waals surface area contributed by atoms with Gasteiger partial charge in [0.25, 0.3) is 0 Å². The number of carbonyl (C=O) groups is 1. The van der Waals surface area contributed by atoms with E-state index in [1.807, 2.05) is 13.8 Å². The first-order chi connectivity index (χ1) is 8.08. The molecule has 0 bridgehead atoms. The molecular formula is C11H17N3O3. The van der Waals surface area contributed by atoms with Crippen LogP contribution in [0.2, 0.25) is 0 Å². The van der Waals surface area contributed by atoms with Crippen molar-refractivity contribution in [2.24, 2.45) is 5.92 Å². The van der Waals surface area contributed by atoms with Crippen LogP contribution >= 0.6 is 0 Å². The number of ether oxygens (including phenoxy) is 1. The summed E-state index contributed by atoms with van der Waals surface area (Å²) in [7, 11) is 1.50. The number of rotatable bonds is 6. The molecule has 0 aliphatic carbocycles. The maximum absolute atomic E-state index is 11.1. The molecule has 1 aromatic rings. The van der Waals surface area contributed by atoms with Gasteiger partial charge in [-0.25, -0.2) is 14.8 Å². The fraction of sp³-hybridized carbons (Fsp3) is 0.545. The first-order valence-corrected chi connectivity index (χ1v) is 5.43. The first kappa shape index (κ1) is 13.2. The van der Waals surface area contributed by atoms with Crippen molar-refractivity contribution in [3.8, 4) is 5.88 Å². The number of aromatic nitrogens is 2. The number of carboxylic acid groups (broad SMARTS) is 1. The average molecular weight is 239 g/mol. The van der Waals surface area contributed by atoms with Crippen LogP contribution in [0.5, 0.6) is 5.88 Å². The Bertz CT molecular complexity index is 384. The number of anilines is 1. The average Bonchev–Trinajstić information content (AvgIpc) is 2.35. The Kier molecular flexibility index (Phi) is 4.68. The molecule has 0 aliphatic rings. The molecule has 1 rings (SSSR count). The van der Waals surface area contributed by atoms with Crippen molar-refractivity contribution >= 4 is 11.8 Å². The van der Waals surface area contributed by atoms with Crippen LogP contribution in [0.25, 0.3) is 0 Å². The summed E-state index contributed by atoms with van der Waals surface area (Å²) in [6, 6.07) is 0.901. The molecule has 2 N–H and O–H groups in total. The molecule has 6 nitrogen and oxygen atoms in total. The molecule has 1 heterocycles. The number of aliphatic carboxylic acids is 1. The summed E-state index contributed by atoms with van der Waals surface area (Å²) in [5, 5.41) is 12.0. The van der Waals surface area contributed by atoms with Crippen molar-refractivity contribution in [3.63, 3.8) is 0 Å². The molecular weight excluding hydrogens is 222 g/mol. The summed E-state index contributed by atoms with van der Waals surface area (Å²) < 4.78 is 4.95. The predicted molar refractivity (Wildman–Crippen MR) is 63.1 cm³/mol. The van der Waals surface area contributed by atoms with Gasteiger partial charge in [-0.05, 0) is 5.92 Å². The Morgan fingerprint density at radius 1 is 1.59 bits per heavy atom. The van der Waals surface area contributed by atoms with E-state index in [-0.39, 0.29) is 5.92 Å². The summed E-state index contributed by atoms with van der Waals surface area (Å²) in [5.41, 5.74) is 0. The molecule has 0 saturated heterocycles. The van der Waals surface area contributed by atoms with Gasteiger partial charge in [0.05, 0.1) is 7.11 Å². The van der Waals surface area contributed by atoms with E-state index in [4.69, 9.17) is 9.84 Å². The quantitative estimate of drug-likeness (QED) is 0.780. The van der Waals surface area contributed by atoms with Crippen molar-refractivity contribution in [1.82, 2.24) is 9.97 Å². The van der Waals surface area contributed by atoms with Crippen LogP contribution in [0.15, 0.2) is 12.4 Å². The normalized spacial score (nSPS) is 13.8. The molecule has 0 aliphatic heterocycles. The summed E-state index contributed by atoms with van der Waals surface area (Å²) >= 11 is 0. The summed E-state index contributed by atoms with van der Waals surface area (Å²) in [4.78, 5) is 18.9. The van der Waals surface area contributed by atoms with E-state index in [0.29, 0.717) is 11.7 Å². The van der Waals surface area contributed by atoms with Crippen LogP contribution < -0.4 is 10.1 Å². The minimum Gasteiger partial charge on any atom is -0.481 e. The van der Waals surface area contributed by atoms with Crippen LogP contribution in [0, 0.1) is 5.92 Å². The lowest BCUT2D eigenvalue weighted by Crippen LogP contribution is -2.35. The highest BCUT2D eigenvalue weighted by atomic mass is 16.5. The van der Waals surface area contributed by atoms with Crippen molar-refractivity contribution in [2.75, 3.05) is 12.4 Å². The number of nitrogens with zero attached hydrogens (tertiary/aromatic N) is 2. The lowest BCUT2D eigenvalue weighted by atomic mass is 9.99. The highest BCUT2D eigenvalue weighted by Gasteiger charge is 2.23. The monoisotopic (exact) mass is 239 g/mol. The Morgan fingerprint density at radius 3 is 2.82 bits per heavy atom. The lowest BCUT2D eigenvalue weighted by Gasteiger charge is -2.20. The summed E-state index contributed by atoms with van der Waals surface area (Å²) in [6.07, 6.45) is 2.10. The zero-order valence-electron chi connectivity index (χ0n) is 10.2. The SMILES string of the molecule is CC[C@H](C)[C@H](Nc1cc(OC)ncn1)C(=O)O. The van der Waals surface area contributed by atoms with Crippen LogP contribution in [-0.2, 0) is 4.79 Å². The zero-order valence-corrected chi connectivity index (χ0v) is 10.2. The van der Waals surface area contributed by atoms with E-state index in [1.54, 1.807) is 6.07 Å². The first-order valence-electron chi connectivity index (χ1n) is 5.43. The van der Waals surface area contributed by atoms with E-state index in [0.717, 1.165) is 6.42 Å². The number of hydrogen-bond acceptors (Lipinski definition) is 5. The smallest absolute Gasteiger partial charge is 0.326 e. The molecule has 0 saturated carbocycles. The Balaban J connectivity index is 2.82. The fourth-order valence-corrected chi connectivity index (χ4v) is 1.37. The second kappa shape index (κ2) is 6.03. The highest BCUT2D eigenvalue weighted by Crippen LogP contribution is 2.16. The summed E-state index contributed by atoms with van der Waals surface area (Å²) in [5.74, 6) is -0.0364. The van der Waals surface area contributed by atoms with E-state index in [2.05, 4.69) is 15.3 Å². The van der Waals surface area contributed by atoms with Gasteiger partial charge >= 0.3 is 5.97 Å². The number of hydrogen-bond donors (Lipinski definition) is 2. The van der Waals surface area contributed by atoms with Gasteiger partial charge in [-0.1, -0.05) is 20.3 Å². The topological polar surface area (TPSA) is 84.3 Å². The van der Waals surface area contributed by atoms with Crippen LogP contribution in [0.3, 0.4) is 0 Å². The van der Waals surface area contributed by atoms with Gasteiger partial charge in [0.1, 0.15) is 18.2 Å². The maximum atomic E-state index is 11.1. The number of methoxy groups -OCH3 is 1. The third-order valence-corrected chi connectivity index (χ3v) is 2.63. The highest BCUT2D eigenvalue weighted by molar-refractivity contribution is 5.77. The largest absolute Gasteiger partial charge is 0.481 e. The fourth-order valence-electron chi connectivity index (χ4n) is 1.37. The molecule has 0 unspecified atom stereocenters. The molecule has 94 valence electrons. The Morgan fingerprint density at radius 2 is 2.29 bits per heavy atom. The Labute approximate surface area is 100 Å². The lowest BCUT2D eigenvalue weighted by molar-refractivity contribution is -0.139. The molecule has 0 radical (unpaired) electrons. The van der Waals surface area contributed by atoms with Crippen LogP contribution in [0.1, 0.15) is 20.3 Å². The molecule has 6 heteroatoms. The molecule has 0 fully saturated rings. The Hall–Kier alpha value is -1.85.